The first-order valence-corrected chi connectivity index (χ1v) is 5.76. The van der Waals surface area contributed by atoms with Crippen molar-refractivity contribution < 1.29 is 4.74 Å². The maximum atomic E-state index is 5.97. The van der Waals surface area contributed by atoms with Gasteiger partial charge < -0.3 is 4.74 Å². The van der Waals surface area contributed by atoms with Gasteiger partial charge in [-0.15, -0.1) is 0 Å². The number of para-hydroxylation sites is 1. The van der Waals surface area contributed by atoms with E-state index in [2.05, 4.69) is 30.7 Å². The molecule has 1 nitrogen and oxygen atoms in total. The minimum absolute atomic E-state index is 0.0126. The molecule has 1 radical (unpaired) electrons. The van der Waals surface area contributed by atoms with E-state index in [0.717, 1.165) is 5.75 Å². The molecule has 2 aromatic rings. The number of hydrogen-bond acceptors (Lipinski definition) is 1. The molecule has 0 saturated heterocycles. The molecule has 0 bridgehead atoms. The largest absolute Gasteiger partial charge is 0.482 e. The highest BCUT2D eigenvalue weighted by Crippen LogP contribution is 2.29. The quantitative estimate of drug-likeness (QED) is 0.746. The third-order valence-corrected chi connectivity index (χ3v) is 2.87. The molecule has 0 spiro atoms. The maximum Gasteiger partial charge on any atom is 0.142 e. The van der Waals surface area contributed by atoms with E-state index in [0.29, 0.717) is 0 Å². The highest BCUT2D eigenvalue weighted by atomic mass is 16.5. The number of allylic oxidation sites excluding steroid dienone is 1. The molecule has 0 aromatic heterocycles. The van der Waals surface area contributed by atoms with E-state index in [-0.39, 0.29) is 6.10 Å². The van der Waals surface area contributed by atoms with Crippen LogP contribution >= 0.6 is 0 Å². The Hall–Kier alpha value is -2.02. The molecule has 0 saturated carbocycles. The summed E-state index contributed by atoms with van der Waals surface area (Å²) in [5, 5.41) is 0. The molecular formula is C16H13O. The molecule has 1 aliphatic rings. The van der Waals surface area contributed by atoms with Crippen LogP contribution in [0.4, 0.5) is 0 Å². The summed E-state index contributed by atoms with van der Waals surface area (Å²) in [6, 6.07) is 18.2. The van der Waals surface area contributed by atoms with Crippen LogP contribution in [-0.4, -0.2) is 0 Å². The average molecular weight is 221 g/mol. The Bertz CT molecular complexity index is 528. The molecule has 0 aliphatic heterocycles. The molecule has 0 fully saturated rings. The summed E-state index contributed by atoms with van der Waals surface area (Å²) in [5.41, 5.74) is 2.45. The van der Waals surface area contributed by atoms with Crippen LogP contribution in [0.5, 0.6) is 5.75 Å². The molecule has 1 unspecified atom stereocenters. The van der Waals surface area contributed by atoms with E-state index >= 15 is 0 Å². The first-order chi connectivity index (χ1) is 8.43. The highest BCUT2D eigenvalue weighted by molar-refractivity contribution is 5.43. The minimum Gasteiger partial charge on any atom is -0.482 e. The molecular weight excluding hydrogens is 208 g/mol. The Morgan fingerprint density at radius 1 is 0.824 bits per heavy atom. The number of fused-ring (bicyclic) bond motifs is 1. The van der Waals surface area contributed by atoms with E-state index in [9.17, 15) is 0 Å². The predicted molar refractivity (Wildman–Crippen MR) is 68.8 cm³/mol. The summed E-state index contributed by atoms with van der Waals surface area (Å²) in [6.45, 7) is 0. The van der Waals surface area contributed by atoms with Crippen molar-refractivity contribution in [3.63, 3.8) is 0 Å². The van der Waals surface area contributed by atoms with Crippen LogP contribution in [0.1, 0.15) is 17.2 Å². The lowest BCUT2D eigenvalue weighted by atomic mass is 9.95. The molecule has 17 heavy (non-hydrogen) atoms. The fourth-order valence-corrected chi connectivity index (χ4v) is 2.03. The molecule has 3 rings (SSSR count). The lowest BCUT2D eigenvalue weighted by Crippen LogP contribution is -2.10. The Labute approximate surface area is 101 Å². The third-order valence-electron chi connectivity index (χ3n) is 2.87. The zero-order valence-electron chi connectivity index (χ0n) is 9.41. The first-order valence-electron chi connectivity index (χ1n) is 5.76. The zero-order chi connectivity index (χ0) is 11.5. The predicted octanol–water partition coefficient (Wildman–Crippen LogP) is 3.93. The van der Waals surface area contributed by atoms with Crippen molar-refractivity contribution in [1.29, 1.82) is 0 Å². The van der Waals surface area contributed by atoms with Gasteiger partial charge in [-0.05, 0) is 23.8 Å². The van der Waals surface area contributed by atoms with Crippen LogP contribution in [0.25, 0.3) is 0 Å². The van der Waals surface area contributed by atoms with Crippen molar-refractivity contribution in [3.05, 3.63) is 84.3 Å². The highest BCUT2D eigenvalue weighted by Gasteiger charge is 2.16. The fraction of sp³-hybridized carbons (Fsp3) is 0.0625. The smallest absolute Gasteiger partial charge is 0.142 e. The normalized spacial score (nSPS) is 17.5. The van der Waals surface area contributed by atoms with Crippen molar-refractivity contribution >= 4 is 0 Å². The van der Waals surface area contributed by atoms with Crippen LogP contribution < -0.4 is 4.74 Å². The van der Waals surface area contributed by atoms with Gasteiger partial charge >= 0.3 is 0 Å². The zero-order valence-corrected chi connectivity index (χ0v) is 9.41. The van der Waals surface area contributed by atoms with E-state index in [4.69, 9.17) is 4.74 Å². The third kappa shape index (κ3) is 2.09. The summed E-state index contributed by atoms with van der Waals surface area (Å²) in [6.07, 6.45) is 6.25. The van der Waals surface area contributed by atoms with Crippen LogP contribution in [0.3, 0.4) is 0 Å². The molecule has 1 aliphatic carbocycles. The Morgan fingerprint density at radius 3 is 2.47 bits per heavy atom. The Balaban J connectivity index is 1.89. The van der Waals surface area contributed by atoms with E-state index in [1.807, 2.05) is 42.5 Å². The molecule has 0 amide bonds. The van der Waals surface area contributed by atoms with Gasteiger partial charge in [0.2, 0.25) is 0 Å². The van der Waals surface area contributed by atoms with E-state index in [1.165, 1.54) is 11.1 Å². The molecule has 1 atom stereocenters. The van der Waals surface area contributed by atoms with Crippen LogP contribution in [-0.2, 0) is 0 Å². The Kier molecular flexibility index (Phi) is 2.66. The molecule has 0 N–H and O–H groups in total. The van der Waals surface area contributed by atoms with Gasteiger partial charge in [0.15, 0.2) is 0 Å². The SMILES string of the molecule is [CH]1C=CC(Oc2ccccc2)c2ccccc21. The van der Waals surface area contributed by atoms with E-state index in [1.54, 1.807) is 0 Å². The topological polar surface area (TPSA) is 9.23 Å². The van der Waals surface area contributed by atoms with Crippen molar-refractivity contribution in [3.8, 4) is 5.75 Å². The molecule has 1 heteroatoms. The summed E-state index contributed by atoms with van der Waals surface area (Å²) in [7, 11) is 0. The maximum absolute atomic E-state index is 5.97. The van der Waals surface area contributed by atoms with Crippen molar-refractivity contribution in [2.24, 2.45) is 0 Å². The van der Waals surface area contributed by atoms with Gasteiger partial charge in [0, 0.05) is 12.0 Å². The number of hydrogen-bond donors (Lipinski definition) is 0. The van der Waals surface area contributed by atoms with Gasteiger partial charge in [0.25, 0.3) is 0 Å². The van der Waals surface area contributed by atoms with Gasteiger partial charge in [0.1, 0.15) is 11.9 Å². The standard InChI is InChI=1S/C16H13O/c1-2-9-14(10-3-1)17-16-12-6-8-13-7-4-5-11-15(13)16/h1-12,16H. The summed E-state index contributed by atoms with van der Waals surface area (Å²) in [5.74, 6) is 0.902. The van der Waals surface area contributed by atoms with Gasteiger partial charge in [-0.3, -0.25) is 0 Å². The second-order valence-electron chi connectivity index (χ2n) is 4.03. The molecule has 2 aromatic carbocycles. The van der Waals surface area contributed by atoms with Crippen LogP contribution in [0.2, 0.25) is 0 Å². The van der Waals surface area contributed by atoms with Gasteiger partial charge in [0.05, 0.1) is 0 Å². The number of rotatable bonds is 2. The minimum atomic E-state index is 0.0126. The fourth-order valence-electron chi connectivity index (χ4n) is 2.03. The number of benzene rings is 2. The van der Waals surface area contributed by atoms with Crippen LogP contribution in [0.15, 0.2) is 66.7 Å². The lowest BCUT2D eigenvalue weighted by Gasteiger charge is -2.21. The Morgan fingerprint density at radius 2 is 1.59 bits per heavy atom. The monoisotopic (exact) mass is 221 g/mol. The second kappa shape index (κ2) is 4.46. The van der Waals surface area contributed by atoms with E-state index < -0.39 is 0 Å². The number of ether oxygens (including phenoxy) is 1. The van der Waals surface area contributed by atoms with Crippen molar-refractivity contribution in [1.82, 2.24) is 0 Å². The lowest BCUT2D eigenvalue weighted by molar-refractivity contribution is 0.253. The van der Waals surface area contributed by atoms with Gasteiger partial charge in [-0.1, -0.05) is 48.5 Å². The van der Waals surface area contributed by atoms with Gasteiger partial charge in [-0.25, -0.2) is 0 Å². The summed E-state index contributed by atoms with van der Waals surface area (Å²) < 4.78 is 5.97. The molecule has 83 valence electrons. The average Bonchev–Trinajstić information content (AvgIpc) is 2.40. The van der Waals surface area contributed by atoms with Gasteiger partial charge in [-0.2, -0.15) is 0 Å². The summed E-state index contributed by atoms with van der Waals surface area (Å²) >= 11 is 0. The molecule has 0 heterocycles. The van der Waals surface area contributed by atoms with Crippen LogP contribution in [0, 0.1) is 6.42 Å². The van der Waals surface area contributed by atoms with Crippen molar-refractivity contribution in [2.45, 2.75) is 6.10 Å². The first kappa shape index (κ1) is 10.2. The second-order valence-corrected chi connectivity index (χ2v) is 4.03. The summed E-state index contributed by atoms with van der Waals surface area (Å²) in [4.78, 5) is 0. The van der Waals surface area contributed by atoms with Crippen molar-refractivity contribution in [2.75, 3.05) is 0 Å².